The van der Waals surface area contributed by atoms with Crippen LogP contribution in [0.1, 0.15) is 18.1 Å². The highest BCUT2D eigenvalue weighted by atomic mass is 19.1. The monoisotopic (exact) mass is 227 g/mol. The predicted octanol–water partition coefficient (Wildman–Crippen LogP) is 0.979. The van der Waals surface area contributed by atoms with Gasteiger partial charge in [0.15, 0.2) is 11.5 Å². The SMILES string of the molecule is NCCC(O)c1c(F)ccc2c1OCCO2. The summed E-state index contributed by atoms with van der Waals surface area (Å²) in [6.07, 6.45) is -0.668. The van der Waals surface area contributed by atoms with Crippen molar-refractivity contribution in [2.45, 2.75) is 12.5 Å². The summed E-state index contributed by atoms with van der Waals surface area (Å²) >= 11 is 0. The first-order valence-electron chi connectivity index (χ1n) is 5.20. The molecule has 88 valence electrons. The van der Waals surface area contributed by atoms with E-state index < -0.39 is 11.9 Å². The lowest BCUT2D eigenvalue weighted by atomic mass is 10.0. The van der Waals surface area contributed by atoms with Crippen molar-refractivity contribution in [2.75, 3.05) is 19.8 Å². The predicted molar refractivity (Wildman–Crippen MR) is 56.0 cm³/mol. The third-order valence-electron chi connectivity index (χ3n) is 2.47. The molecule has 1 aliphatic heterocycles. The van der Waals surface area contributed by atoms with Gasteiger partial charge in [-0.05, 0) is 25.1 Å². The van der Waals surface area contributed by atoms with E-state index in [9.17, 15) is 9.50 Å². The maximum atomic E-state index is 13.6. The molecule has 0 spiro atoms. The Bertz CT molecular complexity index is 384. The van der Waals surface area contributed by atoms with Crippen LogP contribution in [-0.4, -0.2) is 24.9 Å². The molecule has 0 bridgehead atoms. The highest BCUT2D eigenvalue weighted by molar-refractivity contribution is 5.49. The highest BCUT2D eigenvalue weighted by Crippen LogP contribution is 2.39. The van der Waals surface area contributed by atoms with Crippen molar-refractivity contribution in [3.63, 3.8) is 0 Å². The smallest absolute Gasteiger partial charge is 0.170 e. The number of ether oxygens (including phenoxy) is 2. The average Bonchev–Trinajstić information content (AvgIpc) is 2.29. The van der Waals surface area contributed by atoms with Crippen molar-refractivity contribution in [1.29, 1.82) is 0 Å². The Balaban J connectivity index is 2.41. The average molecular weight is 227 g/mol. The summed E-state index contributed by atoms with van der Waals surface area (Å²) in [6.45, 7) is 1.08. The van der Waals surface area contributed by atoms with Crippen molar-refractivity contribution in [3.05, 3.63) is 23.5 Å². The van der Waals surface area contributed by atoms with Gasteiger partial charge in [-0.25, -0.2) is 4.39 Å². The van der Waals surface area contributed by atoms with Gasteiger partial charge in [0.05, 0.1) is 11.7 Å². The molecule has 4 nitrogen and oxygen atoms in total. The topological polar surface area (TPSA) is 64.7 Å². The van der Waals surface area contributed by atoms with E-state index in [-0.39, 0.29) is 18.5 Å². The first-order chi connectivity index (χ1) is 7.74. The fourth-order valence-electron chi connectivity index (χ4n) is 1.73. The first kappa shape index (κ1) is 11.2. The third kappa shape index (κ3) is 1.96. The maximum Gasteiger partial charge on any atom is 0.170 e. The van der Waals surface area contributed by atoms with Gasteiger partial charge in [-0.1, -0.05) is 0 Å². The quantitative estimate of drug-likeness (QED) is 0.807. The van der Waals surface area contributed by atoms with Gasteiger partial charge in [0.2, 0.25) is 0 Å². The Kier molecular flexibility index (Phi) is 3.26. The number of halogens is 1. The second-order valence-corrected chi connectivity index (χ2v) is 3.58. The Morgan fingerprint density at radius 3 is 2.88 bits per heavy atom. The molecular weight excluding hydrogens is 213 g/mol. The molecule has 1 unspecified atom stereocenters. The number of benzene rings is 1. The van der Waals surface area contributed by atoms with Crippen LogP contribution in [0.4, 0.5) is 4.39 Å². The fourth-order valence-corrected chi connectivity index (χ4v) is 1.73. The molecule has 5 heteroatoms. The highest BCUT2D eigenvalue weighted by Gasteiger charge is 2.24. The second kappa shape index (κ2) is 4.67. The van der Waals surface area contributed by atoms with Crippen LogP contribution in [0.3, 0.4) is 0 Å². The van der Waals surface area contributed by atoms with E-state index in [4.69, 9.17) is 15.2 Å². The van der Waals surface area contributed by atoms with E-state index in [1.807, 2.05) is 0 Å². The molecule has 0 fully saturated rings. The summed E-state index contributed by atoms with van der Waals surface area (Å²) in [5, 5.41) is 9.80. The minimum atomic E-state index is -0.957. The summed E-state index contributed by atoms with van der Waals surface area (Å²) in [4.78, 5) is 0. The molecule has 0 saturated carbocycles. The zero-order valence-corrected chi connectivity index (χ0v) is 8.78. The molecular formula is C11H14FNO3. The normalized spacial score (nSPS) is 15.9. The Labute approximate surface area is 92.8 Å². The van der Waals surface area contributed by atoms with E-state index in [1.165, 1.54) is 12.1 Å². The lowest BCUT2D eigenvalue weighted by Crippen LogP contribution is -2.19. The second-order valence-electron chi connectivity index (χ2n) is 3.58. The van der Waals surface area contributed by atoms with Crippen molar-refractivity contribution in [2.24, 2.45) is 5.73 Å². The molecule has 0 aromatic heterocycles. The van der Waals surface area contributed by atoms with Gasteiger partial charge in [0.25, 0.3) is 0 Å². The molecule has 1 aromatic carbocycles. The number of aliphatic hydroxyl groups is 1. The molecule has 1 heterocycles. The van der Waals surface area contributed by atoms with Crippen LogP contribution in [0.15, 0.2) is 12.1 Å². The summed E-state index contributed by atoms with van der Waals surface area (Å²) < 4.78 is 24.3. The van der Waals surface area contributed by atoms with Gasteiger partial charge < -0.3 is 20.3 Å². The van der Waals surface area contributed by atoms with Crippen LogP contribution >= 0.6 is 0 Å². The Morgan fingerprint density at radius 1 is 1.38 bits per heavy atom. The van der Waals surface area contributed by atoms with E-state index in [1.54, 1.807) is 0 Å². The maximum absolute atomic E-state index is 13.6. The zero-order chi connectivity index (χ0) is 11.5. The van der Waals surface area contributed by atoms with Crippen LogP contribution in [0.2, 0.25) is 0 Å². The lowest BCUT2D eigenvalue weighted by Gasteiger charge is -2.23. The fraction of sp³-hybridized carbons (Fsp3) is 0.455. The van der Waals surface area contributed by atoms with Crippen LogP contribution < -0.4 is 15.2 Å². The van der Waals surface area contributed by atoms with E-state index in [2.05, 4.69) is 0 Å². The van der Waals surface area contributed by atoms with Crippen molar-refractivity contribution in [1.82, 2.24) is 0 Å². The number of hydrogen-bond donors (Lipinski definition) is 2. The van der Waals surface area contributed by atoms with Gasteiger partial charge in [0.1, 0.15) is 19.0 Å². The first-order valence-corrected chi connectivity index (χ1v) is 5.20. The summed E-state index contributed by atoms with van der Waals surface area (Å²) in [5.74, 6) is 0.274. The lowest BCUT2D eigenvalue weighted by molar-refractivity contribution is 0.138. The van der Waals surface area contributed by atoms with Crippen LogP contribution in [0.5, 0.6) is 11.5 Å². The summed E-state index contributed by atoms with van der Waals surface area (Å²) in [6, 6.07) is 2.77. The minimum absolute atomic E-state index is 0.141. The molecule has 0 radical (unpaired) electrons. The van der Waals surface area contributed by atoms with E-state index in [0.717, 1.165) is 0 Å². The number of aliphatic hydroxyl groups excluding tert-OH is 1. The van der Waals surface area contributed by atoms with Crippen molar-refractivity contribution >= 4 is 0 Å². The molecule has 2 rings (SSSR count). The van der Waals surface area contributed by atoms with Gasteiger partial charge in [-0.15, -0.1) is 0 Å². The van der Waals surface area contributed by atoms with Gasteiger partial charge in [-0.3, -0.25) is 0 Å². The van der Waals surface area contributed by atoms with Gasteiger partial charge in [0, 0.05) is 0 Å². The number of rotatable bonds is 3. The Hall–Kier alpha value is -1.33. The number of fused-ring (bicyclic) bond motifs is 1. The molecule has 0 aliphatic carbocycles. The van der Waals surface area contributed by atoms with E-state index in [0.29, 0.717) is 24.7 Å². The van der Waals surface area contributed by atoms with Gasteiger partial charge >= 0.3 is 0 Å². The van der Waals surface area contributed by atoms with Crippen LogP contribution in [0, 0.1) is 5.82 Å². The Morgan fingerprint density at radius 2 is 2.12 bits per heavy atom. The van der Waals surface area contributed by atoms with Crippen molar-refractivity contribution in [3.8, 4) is 11.5 Å². The minimum Gasteiger partial charge on any atom is -0.486 e. The molecule has 16 heavy (non-hydrogen) atoms. The zero-order valence-electron chi connectivity index (χ0n) is 8.78. The molecule has 1 aliphatic rings. The van der Waals surface area contributed by atoms with Crippen molar-refractivity contribution < 1.29 is 19.0 Å². The largest absolute Gasteiger partial charge is 0.486 e. The molecule has 1 atom stereocenters. The summed E-state index contributed by atoms with van der Waals surface area (Å²) in [5.41, 5.74) is 5.48. The molecule has 3 N–H and O–H groups in total. The summed E-state index contributed by atoms with van der Waals surface area (Å²) in [7, 11) is 0. The van der Waals surface area contributed by atoms with E-state index >= 15 is 0 Å². The molecule has 1 aromatic rings. The molecule has 0 amide bonds. The number of hydrogen-bond acceptors (Lipinski definition) is 4. The van der Waals surface area contributed by atoms with Gasteiger partial charge in [-0.2, -0.15) is 0 Å². The van der Waals surface area contributed by atoms with Crippen LogP contribution in [0.25, 0.3) is 0 Å². The van der Waals surface area contributed by atoms with Crippen LogP contribution in [-0.2, 0) is 0 Å². The number of nitrogens with two attached hydrogens (primary N) is 1. The standard InChI is InChI=1S/C11H14FNO3/c12-7-1-2-9-11(16-6-5-15-9)10(7)8(14)3-4-13/h1-2,8,14H,3-6,13H2. The third-order valence-corrected chi connectivity index (χ3v) is 2.47. The molecule has 0 saturated heterocycles.